The van der Waals surface area contributed by atoms with Crippen LogP contribution in [-0.4, -0.2) is 20.2 Å². The summed E-state index contributed by atoms with van der Waals surface area (Å²) in [5, 5.41) is 3.41. The molecular formula is C17H27NO. The fraction of sp³-hybridized carbons (Fsp3) is 0.647. The molecule has 2 rings (SSSR count). The van der Waals surface area contributed by atoms with Crippen LogP contribution in [0.15, 0.2) is 12.1 Å². The van der Waals surface area contributed by atoms with Gasteiger partial charge in [-0.2, -0.15) is 0 Å². The number of rotatable bonds is 4. The largest absolute Gasteiger partial charge is 0.496 e. The van der Waals surface area contributed by atoms with Gasteiger partial charge in [0.25, 0.3) is 0 Å². The standard InChI is InChI=1S/C17H27NO/c1-12-9-15(10-13(2)17(12)19-4)11-14-5-7-16(18-3)8-6-14/h9-10,14,16,18H,5-8,11H2,1-4H3. The van der Waals surface area contributed by atoms with Crippen LogP contribution < -0.4 is 10.1 Å². The normalized spacial score (nSPS) is 23.4. The average Bonchev–Trinajstić information content (AvgIpc) is 2.39. The number of aryl methyl sites for hydroxylation is 2. The van der Waals surface area contributed by atoms with E-state index in [2.05, 4.69) is 38.3 Å². The molecular weight excluding hydrogens is 234 g/mol. The minimum atomic E-state index is 0.746. The van der Waals surface area contributed by atoms with Crippen LogP contribution in [-0.2, 0) is 6.42 Å². The Kier molecular flexibility index (Phi) is 4.87. The van der Waals surface area contributed by atoms with Crippen LogP contribution >= 0.6 is 0 Å². The second-order valence-corrected chi connectivity index (χ2v) is 5.97. The van der Waals surface area contributed by atoms with E-state index in [9.17, 15) is 0 Å². The first-order valence-corrected chi connectivity index (χ1v) is 7.45. The van der Waals surface area contributed by atoms with Crippen LogP contribution in [0, 0.1) is 19.8 Å². The summed E-state index contributed by atoms with van der Waals surface area (Å²) in [6.07, 6.45) is 6.60. The van der Waals surface area contributed by atoms with E-state index in [4.69, 9.17) is 4.74 Å². The van der Waals surface area contributed by atoms with Gasteiger partial charge in [0.1, 0.15) is 5.75 Å². The maximum absolute atomic E-state index is 5.44. The molecule has 0 heterocycles. The van der Waals surface area contributed by atoms with Gasteiger partial charge in [0.15, 0.2) is 0 Å². The molecule has 1 fully saturated rings. The molecule has 0 aliphatic heterocycles. The average molecular weight is 261 g/mol. The number of benzene rings is 1. The molecule has 1 aliphatic carbocycles. The van der Waals surface area contributed by atoms with E-state index in [-0.39, 0.29) is 0 Å². The predicted octanol–water partition coefficient (Wildman–Crippen LogP) is 3.63. The molecule has 0 aromatic heterocycles. The zero-order chi connectivity index (χ0) is 13.8. The fourth-order valence-corrected chi connectivity index (χ4v) is 3.47. The van der Waals surface area contributed by atoms with Crippen molar-refractivity contribution < 1.29 is 4.74 Å². The summed E-state index contributed by atoms with van der Waals surface area (Å²) in [6.45, 7) is 4.29. The lowest BCUT2D eigenvalue weighted by Gasteiger charge is -2.28. The quantitative estimate of drug-likeness (QED) is 0.893. The number of ether oxygens (including phenoxy) is 1. The smallest absolute Gasteiger partial charge is 0.124 e. The summed E-state index contributed by atoms with van der Waals surface area (Å²) in [4.78, 5) is 0. The highest BCUT2D eigenvalue weighted by atomic mass is 16.5. The SMILES string of the molecule is CNC1CCC(Cc2cc(C)c(OC)c(C)c2)CC1. The topological polar surface area (TPSA) is 21.3 Å². The summed E-state index contributed by atoms with van der Waals surface area (Å²) in [7, 11) is 3.84. The summed E-state index contributed by atoms with van der Waals surface area (Å²) in [5.41, 5.74) is 4.01. The van der Waals surface area contributed by atoms with Gasteiger partial charge in [-0.1, -0.05) is 12.1 Å². The molecule has 2 nitrogen and oxygen atoms in total. The highest BCUT2D eigenvalue weighted by Crippen LogP contribution is 2.30. The Bertz CT molecular complexity index is 396. The van der Waals surface area contributed by atoms with E-state index in [1.165, 1.54) is 48.8 Å². The van der Waals surface area contributed by atoms with Gasteiger partial charge in [-0.25, -0.2) is 0 Å². The maximum atomic E-state index is 5.44. The highest BCUT2D eigenvalue weighted by molar-refractivity contribution is 5.43. The van der Waals surface area contributed by atoms with Crippen LogP contribution in [0.4, 0.5) is 0 Å². The molecule has 0 spiro atoms. The molecule has 0 saturated heterocycles. The van der Waals surface area contributed by atoms with Crippen LogP contribution in [0.1, 0.15) is 42.4 Å². The van der Waals surface area contributed by atoms with Gasteiger partial charge in [0, 0.05) is 6.04 Å². The zero-order valence-electron chi connectivity index (χ0n) is 12.8. The Hall–Kier alpha value is -1.02. The van der Waals surface area contributed by atoms with Crippen molar-refractivity contribution in [3.05, 3.63) is 28.8 Å². The van der Waals surface area contributed by atoms with Crippen LogP contribution in [0.2, 0.25) is 0 Å². The van der Waals surface area contributed by atoms with Gasteiger partial charge in [-0.15, -0.1) is 0 Å². The van der Waals surface area contributed by atoms with Crippen LogP contribution in [0.5, 0.6) is 5.75 Å². The van der Waals surface area contributed by atoms with Crippen molar-refractivity contribution in [3.63, 3.8) is 0 Å². The Morgan fingerprint density at radius 2 is 1.68 bits per heavy atom. The first kappa shape index (κ1) is 14.4. The number of hydrogen-bond acceptors (Lipinski definition) is 2. The molecule has 0 unspecified atom stereocenters. The third kappa shape index (κ3) is 3.50. The van der Waals surface area contributed by atoms with E-state index in [1.54, 1.807) is 7.11 Å². The summed E-state index contributed by atoms with van der Waals surface area (Å²) in [6, 6.07) is 5.35. The van der Waals surface area contributed by atoms with Gasteiger partial charge in [-0.05, 0) is 75.6 Å². The lowest BCUT2D eigenvalue weighted by atomic mass is 9.82. The Morgan fingerprint density at radius 3 is 2.16 bits per heavy atom. The van der Waals surface area contributed by atoms with Crippen molar-refractivity contribution in [2.24, 2.45) is 5.92 Å². The number of nitrogens with one attached hydrogen (secondary N) is 1. The van der Waals surface area contributed by atoms with E-state index in [0.717, 1.165) is 17.7 Å². The Morgan fingerprint density at radius 1 is 1.11 bits per heavy atom. The fourth-order valence-electron chi connectivity index (χ4n) is 3.47. The molecule has 0 radical (unpaired) electrons. The van der Waals surface area contributed by atoms with Crippen molar-refractivity contribution in [3.8, 4) is 5.75 Å². The van der Waals surface area contributed by atoms with Crippen LogP contribution in [0.25, 0.3) is 0 Å². The van der Waals surface area contributed by atoms with Crippen molar-refractivity contribution in [2.75, 3.05) is 14.2 Å². The molecule has 0 bridgehead atoms. The third-order valence-corrected chi connectivity index (χ3v) is 4.50. The van der Waals surface area contributed by atoms with Gasteiger partial charge in [0.2, 0.25) is 0 Å². The first-order valence-electron chi connectivity index (χ1n) is 7.45. The monoisotopic (exact) mass is 261 g/mol. The van der Waals surface area contributed by atoms with Gasteiger partial charge >= 0.3 is 0 Å². The molecule has 1 aromatic rings. The van der Waals surface area contributed by atoms with Crippen molar-refractivity contribution >= 4 is 0 Å². The zero-order valence-corrected chi connectivity index (χ0v) is 12.8. The Balaban J connectivity index is 2.00. The Labute approximate surface area is 117 Å². The van der Waals surface area contributed by atoms with Gasteiger partial charge in [0.05, 0.1) is 7.11 Å². The molecule has 19 heavy (non-hydrogen) atoms. The van der Waals surface area contributed by atoms with Crippen molar-refractivity contribution in [1.82, 2.24) is 5.32 Å². The molecule has 0 atom stereocenters. The second-order valence-electron chi connectivity index (χ2n) is 5.97. The molecule has 1 aliphatic rings. The van der Waals surface area contributed by atoms with Crippen molar-refractivity contribution in [1.29, 1.82) is 0 Å². The minimum absolute atomic E-state index is 0.746. The number of methoxy groups -OCH3 is 1. The van der Waals surface area contributed by atoms with E-state index in [0.29, 0.717) is 0 Å². The molecule has 2 heteroatoms. The number of hydrogen-bond donors (Lipinski definition) is 1. The minimum Gasteiger partial charge on any atom is -0.496 e. The van der Waals surface area contributed by atoms with Gasteiger partial charge in [-0.3, -0.25) is 0 Å². The molecule has 1 saturated carbocycles. The first-order chi connectivity index (χ1) is 9.13. The predicted molar refractivity (Wildman–Crippen MR) is 81.0 cm³/mol. The van der Waals surface area contributed by atoms with E-state index < -0.39 is 0 Å². The van der Waals surface area contributed by atoms with Gasteiger partial charge < -0.3 is 10.1 Å². The molecule has 0 amide bonds. The summed E-state index contributed by atoms with van der Waals surface area (Å²) >= 11 is 0. The van der Waals surface area contributed by atoms with E-state index >= 15 is 0 Å². The molecule has 1 aromatic carbocycles. The van der Waals surface area contributed by atoms with Crippen LogP contribution in [0.3, 0.4) is 0 Å². The third-order valence-electron chi connectivity index (χ3n) is 4.50. The molecule has 1 N–H and O–H groups in total. The van der Waals surface area contributed by atoms with Crippen molar-refractivity contribution in [2.45, 2.75) is 52.0 Å². The lowest BCUT2D eigenvalue weighted by molar-refractivity contribution is 0.300. The van der Waals surface area contributed by atoms with E-state index in [1.807, 2.05) is 0 Å². The highest BCUT2D eigenvalue weighted by Gasteiger charge is 2.20. The lowest BCUT2D eigenvalue weighted by Crippen LogP contribution is -2.30. The summed E-state index contributed by atoms with van der Waals surface area (Å²) < 4.78 is 5.44. The maximum Gasteiger partial charge on any atom is 0.124 e. The second kappa shape index (κ2) is 6.42. The molecule has 106 valence electrons. The summed E-state index contributed by atoms with van der Waals surface area (Å²) in [5.74, 6) is 1.90.